The van der Waals surface area contributed by atoms with Gasteiger partial charge in [0.25, 0.3) is 0 Å². The highest BCUT2D eigenvalue weighted by Crippen LogP contribution is 2.17. The largest absolute Gasteiger partial charge is 0.352 e. The number of pyridine rings is 1. The van der Waals surface area contributed by atoms with Crippen LogP contribution in [0.15, 0.2) is 18.3 Å². The van der Waals surface area contributed by atoms with Gasteiger partial charge in [-0.2, -0.15) is 0 Å². The molecule has 1 rings (SSSR count). The predicted octanol–water partition coefficient (Wildman–Crippen LogP) is 2.44. The van der Waals surface area contributed by atoms with Gasteiger partial charge in [-0.3, -0.25) is 9.78 Å². The number of hydrogen-bond acceptors (Lipinski definition) is 2. The third-order valence-corrected chi connectivity index (χ3v) is 2.15. The molecule has 0 aliphatic rings. The number of hydrogen-bond donors (Lipinski definition) is 1. The Labute approximate surface area is 97.3 Å². The van der Waals surface area contributed by atoms with Crippen LogP contribution < -0.4 is 5.32 Å². The van der Waals surface area contributed by atoms with Crippen molar-refractivity contribution in [2.24, 2.45) is 5.41 Å². The maximum Gasteiger partial charge on any atom is 0.220 e. The van der Waals surface area contributed by atoms with Crippen LogP contribution >= 0.6 is 0 Å². The second-order valence-electron chi connectivity index (χ2n) is 5.32. The van der Waals surface area contributed by atoms with E-state index in [4.69, 9.17) is 0 Å². The standard InChI is InChI=1S/C13H20N2O/c1-10-5-6-11(8-14-10)9-15-12(16)7-13(2,3)4/h5-6,8H,7,9H2,1-4H3,(H,15,16). The molecular weight excluding hydrogens is 200 g/mol. The second-order valence-corrected chi connectivity index (χ2v) is 5.32. The summed E-state index contributed by atoms with van der Waals surface area (Å²) in [6, 6.07) is 3.94. The minimum absolute atomic E-state index is 0.0373. The van der Waals surface area contributed by atoms with E-state index < -0.39 is 0 Å². The number of nitrogens with zero attached hydrogens (tertiary/aromatic N) is 1. The molecule has 0 aliphatic heterocycles. The van der Waals surface area contributed by atoms with E-state index in [-0.39, 0.29) is 11.3 Å². The summed E-state index contributed by atoms with van der Waals surface area (Å²) in [5.74, 6) is 0.0908. The Hall–Kier alpha value is -1.38. The number of aryl methyl sites for hydroxylation is 1. The lowest BCUT2D eigenvalue weighted by molar-refractivity contribution is -0.122. The maximum atomic E-state index is 11.6. The molecular formula is C13H20N2O. The van der Waals surface area contributed by atoms with Gasteiger partial charge in [-0.1, -0.05) is 26.8 Å². The van der Waals surface area contributed by atoms with Crippen LogP contribution in [0.25, 0.3) is 0 Å². The minimum atomic E-state index is 0.0373. The fraction of sp³-hybridized carbons (Fsp3) is 0.538. The molecule has 0 aromatic carbocycles. The first-order valence-corrected chi connectivity index (χ1v) is 5.55. The van der Waals surface area contributed by atoms with Crippen molar-refractivity contribution >= 4 is 5.91 Å². The first-order chi connectivity index (χ1) is 7.37. The number of aromatic nitrogens is 1. The molecule has 0 saturated carbocycles. The molecule has 1 amide bonds. The van der Waals surface area contributed by atoms with E-state index in [1.807, 2.05) is 19.1 Å². The summed E-state index contributed by atoms with van der Waals surface area (Å²) in [6.07, 6.45) is 2.35. The van der Waals surface area contributed by atoms with Crippen LogP contribution in [0.1, 0.15) is 38.4 Å². The Kier molecular flexibility index (Phi) is 4.05. The quantitative estimate of drug-likeness (QED) is 0.850. The molecule has 0 fully saturated rings. The highest BCUT2D eigenvalue weighted by molar-refractivity contribution is 5.76. The summed E-state index contributed by atoms with van der Waals surface area (Å²) in [7, 11) is 0. The lowest BCUT2D eigenvalue weighted by Crippen LogP contribution is -2.27. The third-order valence-electron chi connectivity index (χ3n) is 2.15. The van der Waals surface area contributed by atoms with Crippen LogP contribution in [0.4, 0.5) is 0 Å². The molecule has 0 bridgehead atoms. The van der Waals surface area contributed by atoms with Gasteiger partial charge in [0.1, 0.15) is 0 Å². The van der Waals surface area contributed by atoms with E-state index in [0.29, 0.717) is 13.0 Å². The van der Waals surface area contributed by atoms with Gasteiger partial charge >= 0.3 is 0 Å². The smallest absolute Gasteiger partial charge is 0.220 e. The lowest BCUT2D eigenvalue weighted by Gasteiger charge is -2.17. The lowest BCUT2D eigenvalue weighted by atomic mass is 9.92. The van der Waals surface area contributed by atoms with Gasteiger partial charge in [-0.15, -0.1) is 0 Å². The predicted molar refractivity (Wildman–Crippen MR) is 64.9 cm³/mol. The molecule has 0 saturated heterocycles. The van der Waals surface area contributed by atoms with Crippen LogP contribution in [0, 0.1) is 12.3 Å². The molecule has 1 N–H and O–H groups in total. The fourth-order valence-electron chi connectivity index (χ4n) is 1.35. The van der Waals surface area contributed by atoms with Crippen LogP contribution in [0.5, 0.6) is 0 Å². The number of amides is 1. The fourth-order valence-corrected chi connectivity index (χ4v) is 1.35. The molecule has 0 atom stereocenters. The van der Waals surface area contributed by atoms with Crippen molar-refractivity contribution in [1.29, 1.82) is 0 Å². The summed E-state index contributed by atoms with van der Waals surface area (Å²) in [6.45, 7) is 8.67. The average molecular weight is 220 g/mol. The van der Waals surface area contributed by atoms with Crippen LogP contribution in [0.2, 0.25) is 0 Å². The summed E-state index contributed by atoms with van der Waals surface area (Å²) < 4.78 is 0. The second kappa shape index (κ2) is 5.10. The van der Waals surface area contributed by atoms with Crippen LogP contribution in [-0.2, 0) is 11.3 Å². The maximum absolute atomic E-state index is 11.6. The van der Waals surface area contributed by atoms with E-state index in [1.54, 1.807) is 6.20 Å². The number of carbonyl (C=O) groups excluding carboxylic acids is 1. The molecule has 0 unspecified atom stereocenters. The molecule has 0 radical (unpaired) electrons. The molecule has 1 heterocycles. The van der Waals surface area contributed by atoms with Crippen molar-refractivity contribution in [2.75, 3.05) is 0 Å². The summed E-state index contributed by atoms with van der Waals surface area (Å²) in [5.41, 5.74) is 2.06. The Bertz CT molecular complexity index is 349. The van der Waals surface area contributed by atoms with E-state index in [1.165, 1.54) is 0 Å². The monoisotopic (exact) mass is 220 g/mol. The molecule has 0 spiro atoms. The third kappa shape index (κ3) is 4.91. The molecule has 88 valence electrons. The van der Waals surface area contributed by atoms with E-state index in [2.05, 4.69) is 31.1 Å². The molecule has 3 nitrogen and oxygen atoms in total. The van der Waals surface area contributed by atoms with Crippen molar-refractivity contribution in [3.63, 3.8) is 0 Å². The molecule has 1 aromatic heterocycles. The Morgan fingerprint density at radius 2 is 2.06 bits per heavy atom. The topological polar surface area (TPSA) is 42.0 Å². The van der Waals surface area contributed by atoms with Crippen molar-refractivity contribution < 1.29 is 4.79 Å². The van der Waals surface area contributed by atoms with Crippen molar-refractivity contribution in [3.8, 4) is 0 Å². The normalized spacial score (nSPS) is 11.2. The van der Waals surface area contributed by atoms with Crippen LogP contribution in [0.3, 0.4) is 0 Å². The molecule has 1 aromatic rings. The van der Waals surface area contributed by atoms with Crippen molar-refractivity contribution in [2.45, 2.75) is 40.7 Å². The van der Waals surface area contributed by atoms with Gasteiger partial charge in [-0.05, 0) is 24.0 Å². The zero-order chi connectivity index (χ0) is 12.2. The molecule has 16 heavy (non-hydrogen) atoms. The van der Waals surface area contributed by atoms with E-state index >= 15 is 0 Å². The average Bonchev–Trinajstić information content (AvgIpc) is 2.14. The summed E-state index contributed by atoms with van der Waals surface area (Å²) in [4.78, 5) is 15.7. The van der Waals surface area contributed by atoms with Gasteiger partial charge in [0, 0.05) is 24.9 Å². The minimum Gasteiger partial charge on any atom is -0.352 e. The first-order valence-electron chi connectivity index (χ1n) is 5.55. The molecule has 0 aliphatic carbocycles. The summed E-state index contributed by atoms with van der Waals surface area (Å²) in [5, 5.41) is 2.90. The van der Waals surface area contributed by atoms with Gasteiger partial charge in [0.15, 0.2) is 0 Å². The molecule has 3 heteroatoms. The van der Waals surface area contributed by atoms with Gasteiger partial charge in [0.05, 0.1) is 0 Å². The van der Waals surface area contributed by atoms with Gasteiger partial charge < -0.3 is 5.32 Å². The zero-order valence-electron chi connectivity index (χ0n) is 10.5. The van der Waals surface area contributed by atoms with Gasteiger partial charge in [-0.25, -0.2) is 0 Å². The highest BCUT2D eigenvalue weighted by Gasteiger charge is 2.15. The SMILES string of the molecule is Cc1ccc(CNC(=O)CC(C)(C)C)cn1. The number of carbonyl (C=O) groups is 1. The Morgan fingerprint density at radius 3 is 2.56 bits per heavy atom. The summed E-state index contributed by atoms with van der Waals surface area (Å²) >= 11 is 0. The highest BCUT2D eigenvalue weighted by atomic mass is 16.1. The zero-order valence-corrected chi connectivity index (χ0v) is 10.5. The van der Waals surface area contributed by atoms with Crippen molar-refractivity contribution in [1.82, 2.24) is 10.3 Å². The van der Waals surface area contributed by atoms with E-state index in [0.717, 1.165) is 11.3 Å². The van der Waals surface area contributed by atoms with Crippen LogP contribution in [-0.4, -0.2) is 10.9 Å². The number of nitrogens with one attached hydrogen (secondary N) is 1. The van der Waals surface area contributed by atoms with Gasteiger partial charge in [0.2, 0.25) is 5.91 Å². The number of rotatable bonds is 3. The Balaban J connectivity index is 2.40. The first kappa shape index (κ1) is 12.7. The van der Waals surface area contributed by atoms with Crippen molar-refractivity contribution in [3.05, 3.63) is 29.6 Å². The Morgan fingerprint density at radius 1 is 1.38 bits per heavy atom. The van der Waals surface area contributed by atoms with E-state index in [9.17, 15) is 4.79 Å².